The Morgan fingerprint density at radius 2 is 1.71 bits per heavy atom. The third-order valence-electron chi connectivity index (χ3n) is 4.60. The van der Waals surface area contributed by atoms with Crippen LogP contribution in [0.4, 0.5) is 18.9 Å². The Hall–Kier alpha value is -1.39. The van der Waals surface area contributed by atoms with Crippen LogP contribution in [0.15, 0.2) is 30.3 Å². The third kappa shape index (κ3) is 2.98. The van der Waals surface area contributed by atoms with E-state index in [4.69, 9.17) is 23.2 Å². The third-order valence-corrected chi connectivity index (χ3v) is 5.23. The molecule has 24 heavy (non-hydrogen) atoms. The Morgan fingerprint density at radius 1 is 1.04 bits per heavy atom. The molecule has 128 valence electrons. The van der Waals surface area contributed by atoms with E-state index in [0.717, 1.165) is 29.8 Å². The van der Waals surface area contributed by atoms with E-state index in [1.165, 1.54) is 6.07 Å². The number of anilines is 1. The minimum absolute atomic E-state index is 0.0392. The van der Waals surface area contributed by atoms with Crippen LogP contribution >= 0.6 is 23.2 Å². The molecule has 0 fully saturated rings. The average molecular weight is 374 g/mol. The number of nitrogens with one attached hydrogen (secondary N) is 1. The second-order valence-corrected chi connectivity index (χ2v) is 6.87. The molecule has 2 aromatic rings. The van der Waals surface area contributed by atoms with Crippen molar-refractivity contribution in [2.45, 2.75) is 38.4 Å². The van der Waals surface area contributed by atoms with Crippen molar-refractivity contribution in [3.8, 4) is 11.1 Å². The highest BCUT2D eigenvalue weighted by Gasteiger charge is 2.32. The van der Waals surface area contributed by atoms with Crippen molar-refractivity contribution in [1.82, 2.24) is 0 Å². The van der Waals surface area contributed by atoms with Crippen LogP contribution in [0.25, 0.3) is 11.1 Å². The van der Waals surface area contributed by atoms with Gasteiger partial charge in [0.1, 0.15) is 0 Å². The van der Waals surface area contributed by atoms with Gasteiger partial charge in [0.2, 0.25) is 0 Å². The fourth-order valence-corrected chi connectivity index (χ4v) is 3.75. The monoisotopic (exact) mass is 373 g/mol. The van der Waals surface area contributed by atoms with E-state index in [2.05, 4.69) is 19.2 Å². The molecule has 2 atom stereocenters. The quantitative estimate of drug-likeness (QED) is 0.598. The number of benzene rings is 2. The largest absolute Gasteiger partial charge is 0.416 e. The standard InChI is InChI=1S/C18H16Cl2F3N/c1-3-16-9(2)12-7-13(15(20)8-17(12)24-16)11-5-4-10(6-14(11)19)18(21,22)23/h4-9,16,24H,3H2,1-2H3. The summed E-state index contributed by atoms with van der Waals surface area (Å²) in [6.07, 6.45) is -3.44. The second-order valence-electron chi connectivity index (χ2n) is 6.06. The summed E-state index contributed by atoms with van der Waals surface area (Å²) in [6.45, 7) is 4.23. The smallest absolute Gasteiger partial charge is 0.381 e. The first-order chi connectivity index (χ1) is 11.2. The molecule has 0 radical (unpaired) electrons. The maximum atomic E-state index is 12.8. The zero-order valence-corrected chi connectivity index (χ0v) is 14.7. The lowest BCUT2D eigenvalue weighted by molar-refractivity contribution is -0.137. The van der Waals surface area contributed by atoms with Crippen molar-refractivity contribution < 1.29 is 13.2 Å². The lowest BCUT2D eigenvalue weighted by Crippen LogP contribution is -2.16. The Kier molecular flexibility index (Phi) is 4.47. The van der Waals surface area contributed by atoms with Crippen LogP contribution < -0.4 is 5.32 Å². The van der Waals surface area contributed by atoms with Gasteiger partial charge in [0, 0.05) is 33.8 Å². The van der Waals surface area contributed by atoms with Crippen molar-refractivity contribution in [3.05, 3.63) is 51.5 Å². The van der Waals surface area contributed by atoms with Gasteiger partial charge in [-0.1, -0.05) is 43.1 Å². The minimum atomic E-state index is -4.42. The number of rotatable bonds is 2. The van der Waals surface area contributed by atoms with Crippen molar-refractivity contribution in [2.24, 2.45) is 0 Å². The van der Waals surface area contributed by atoms with Crippen molar-refractivity contribution in [3.63, 3.8) is 0 Å². The van der Waals surface area contributed by atoms with Crippen molar-refractivity contribution in [2.75, 3.05) is 5.32 Å². The Morgan fingerprint density at radius 3 is 2.29 bits per heavy atom. The van der Waals surface area contributed by atoms with Crippen LogP contribution in [0.5, 0.6) is 0 Å². The molecular formula is C18H16Cl2F3N. The van der Waals surface area contributed by atoms with Crippen molar-refractivity contribution in [1.29, 1.82) is 0 Å². The summed E-state index contributed by atoms with van der Waals surface area (Å²) in [4.78, 5) is 0. The highest BCUT2D eigenvalue weighted by molar-refractivity contribution is 6.36. The molecule has 0 saturated heterocycles. The summed E-state index contributed by atoms with van der Waals surface area (Å²) in [6, 6.07) is 7.43. The maximum absolute atomic E-state index is 12.8. The fraction of sp³-hybridized carbons (Fsp3) is 0.333. The minimum Gasteiger partial charge on any atom is -0.381 e. The molecule has 1 nitrogen and oxygen atoms in total. The van der Waals surface area contributed by atoms with Gasteiger partial charge < -0.3 is 5.32 Å². The van der Waals surface area contributed by atoms with E-state index in [-0.39, 0.29) is 5.02 Å². The number of fused-ring (bicyclic) bond motifs is 1. The predicted octanol–water partition coefficient (Wildman–Crippen LogP) is 6.99. The van der Waals surface area contributed by atoms with Gasteiger partial charge in [-0.2, -0.15) is 13.2 Å². The average Bonchev–Trinajstić information content (AvgIpc) is 2.81. The van der Waals surface area contributed by atoms with Gasteiger partial charge in [0.15, 0.2) is 0 Å². The van der Waals surface area contributed by atoms with Crippen LogP contribution in [0.2, 0.25) is 10.0 Å². The normalized spacial score (nSPS) is 20.0. The molecule has 0 aliphatic carbocycles. The van der Waals surface area contributed by atoms with Gasteiger partial charge in [-0.05, 0) is 36.2 Å². The van der Waals surface area contributed by atoms with E-state index in [1.807, 2.05) is 12.1 Å². The molecule has 1 aliphatic heterocycles. The SMILES string of the molecule is CCC1Nc2cc(Cl)c(-c3ccc(C(F)(F)F)cc3Cl)cc2C1C. The molecule has 0 saturated carbocycles. The molecule has 2 unspecified atom stereocenters. The zero-order valence-electron chi connectivity index (χ0n) is 13.1. The lowest BCUT2D eigenvalue weighted by Gasteiger charge is -2.14. The molecule has 1 aliphatic rings. The van der Waals surface area contributed by atoms with Gasteiger partial charge in [-0.15, -0.1) is 0 Å². The molecule has 0 bridgehead atoms. The van der Waals surface area contributed by atoms with Crippen LogP contribution in [0, 0.1) is 0 Å². The van der Waals surface area contributed by atoms with E-state index >= 15 is 0 Å². The topological polar surface area (TPSA) is 12.0 Å². The summed E-state index contributed by atoms with van der Waals surface area (Å²) in [7, 11) is 0. The molecule has 1 heterocycles. The molecule has 2 aromatic carbocycles. The first kappa shape index (κ1) is 17.4. The van der Waals surface area contributed by atoms with Crippen LogP contribution in [-0.4, -0.2) is 6.04 Å². The molecule has 0 amide bonds. The van der Waals surface area contributed by atoms with E-state index in [9.17, 15) is 13.2 Å². The Balaban J connectivity index is 2.07. The summed E-state index contributed by atoms with van der Waals surface area (Å²) >= 11 is 12.5. The van der Waals surface area contributed by atoms with E-state index < -0.39 is 11.7 Å². The fourth-order valence-electron chi connectivity index (χ4n) is 3.21. The van der Waals surface area contributed by atoms with Crippen LogP contribution in [0.3, 0.4) is 0 Å². The number of hydrogen-bond donors (Lipinski definition) is 1. The van der Waals surface area contributed by atoms with Gasteiger partial charge in [0.05, 0.1) is 10.6 Å². The van der Waals surface area contributed by atoms with Gasteiger partial charge in [-0.3, -0.25) is 0 Å². The van der Waals surface area contributed by atoms with Crippen LogP contribution in [0.1, 0.15) is 37.3 Å². The summed E-state index contributed by atoms with van der Waals surface area (Å²) in [5.74, 6) is 0.300. The molecule has 3 rings (SSSR count). The predicted molar refractivity (Wildman–Crippen MR) is 93.0 cm³/mol. The maximum Gasteiger partial charge on any atom is 0.416 e. The van der Waals surface area contributed by atoms with Crippen molar-refractivity contribution >= 4 is 28.9 Å². The van der Waals surface area contributed by atoms with Gasteiger partial charge >= 0.3 is 6.18 Å². The first-order valence-electron chi connectivity index (χ1n) is 7.69. The van der Waals surface area contributed by atoms with Crippen LogP contribution in [-0.2, 0) is 6.18 Å². The van der Waals surface area contributed by atoms with Gasteiger partial charge in [0.25, 0.3) is 0 Å². The Labute approximate surface area is 148 Å². The first-order valence-corrected chi connectivity index (χ1v) is 8.45. The number of halogens is 5. The molecule has 6 heteroatoms. The summed E-state index contributed by atoms with van der Waals surface area (Å²) in [5.41, 5.74) is 2.47. The van der Waals surface area contributed by atoms with E-state index in [1.54, 1.807) is 0 Å². The molecule has 0 aromatic heterocycles. The lowest BCUT2D eigenvalue weighted by atomic mass is 9.92. The summed E-state index contributed by atoms with van der Waals surface area (Å²) in [5, 5.41) is 3.93. The molecule has 1 N–H and O–H groups in total. The highest BCUT2D eigenvalue weighted by Crippen LogP contribution is 2.44. The zero-order chi connectivity index (χ0) is 17.6. The number of alkyl halides is 3. The molecular weight excluding hydrogens is 358 g/mol. The van der Waals surface area contributed by atoms with E-state index in [0.29, 0.717) is 28.1 Å². The number of hydrogen-bond acceptors (Lipinski definition) is 1. The highest BCUT2D eigenvalue weighted by atomic mass is 35.5. The second kappa shape index (κ2) is 6.16. The molecule has 0 spiro atoms. The van der Waals surface area contributed by atoms with Gasteiger partial charge in [-0.25, -0.2) is 0 Å². The Bertz CT molecular complexity index is 787. The summed E-state index contributed by atoms with van der Waals surface area (Å²) < 4.78 is 38.4.